The zero-order valence-corrected chi connectivity index (χ0v) is 10.8. The number of carbonyl (C=O) groups is 1. The molecule has 0 fully saturated rings. The van der Waals surface area contributed by atoms with Crippen molar-refractivity contribution >= 4 is 18.9 Å². The van der Waals surface area contributed by atoms with Crippen molar-refractivity contribution in [2.24, 2.45) is 5.41 Å². The molecule has 0 amide bonds. The first kappa shape index (κ1) is 13.9. The molecule has 0 saturated heterocycles. The molecular formula is C13H19BO3. The van der Waals surface area contributed by atoms with Gasteiger partial charge in [0.2, 0.25) is 0 Å². The third-order valence-electron chi connectivity index (χ3n) is 2.91. The Balaban J connectivity index is 2.69. The number of rotatable bonds is 4. The van der Waals surface area contributed by atoms with Gasteiger partial charge >= 0.3 is 7.12 Å². The molecule has 17 heavy (non-hydrogen) atoms. The van der Waals surface area contributed by atoms with Crippen molar-refractivity contribution in [1.82, 2.24) is 0 Å². The van der Waals surface area contributed by atoms with E-state index < -0.39 is 7.12 Å². The highest BCUT2D eigenvalue weighted by Crippen LogP contribution is 2.21. The molecule has 4 heteroatoms. The SMILES string of the molecule is CC(OB(O)c1ccc(C=O)cc1)C(C)(C)C. The predicted octanol–water partition coefficient (Wildman–Crippen LogP) is 1.64. The van der Waals surface area contributed by atoms with Crippen LogP contribution < -0.4 is 5.46 Å². The third-order valence-corrected chi connectivity index (χ3v) is 2.91. The summed E-state index contributed by atoms with van der Waals surface area (Å²) < 4.78 is 5.54. The Morgan fingerprint density at radius 1 is 1.29 bits per heavy atom. The van der Waals surface area contributed by atoms with Crippen LogP contribution in [-0.2, 0) is 4.65 Å². The molecule has 0 saturated carbocycles. The van der Waals surface area contributed by atoms with E-state index in [1.165, 1.54) is 0 Å². The molecule has 1 atom stereocenters. The molecule has 92 valence electrons. The van der Waals surface area contributed by atoms with Crippen molar-refractivity contribution in [3.63, 3.8) is 0 Å². The molecule has 1 rings (SSSR count). The van der Waals surface area contributed by atoms with Gasteiger partial charge in [-0.25, -0.2) is 0 Å². The lowest BCUT2D eigenvalue weighted by atomic mass is 9.77. The van der Waals surface area contributed by atoms with Gasteiger partial charge in [0.25, 0.3) is 0 Å². The molecule has 1 aromatic rings. The lowest BCUT2D eigenvalue weighted by Gasteiger charge is -2.28. The topological polar surface area (TPSA) is 46.5 Å². The fourth-order valence-electron chi connectivity index (χ4n) is 1.22. The van der Waals surface area contributed by atoms with Crippen LogP contribution in [0.1, 0.15) is 38.1 Å². The van der Waals surface area contributed by atoms with E-state index in [0.29, 0.717) is 11.0 Å². The minimum absolute atomic E-state index is 0.0241. The highest BCUT2D eigenvalue weighted by molar-refractivity contribution is 6.60. The third kappa shape index (κ3) is 3.98. The fourth-order valence-corrected chi connectivity index (χ4v) is 1.22. The zero-order valence-electron chi connectivity index (χ0n) is 10.8. The van der Waals surface area contributed by atoms with Gasteiger partial charge in [0, 0.05) is 11.7 Å². The van der Waals surface area contributed by atoms with Crippen molar-refractivity contribution in [2.45, 2.75) is 33.8 Å². The minimum Gasteiger partial charge on any atom is -0.423 e. The van der Waals surface area contributed by atoms with Crippen molar-refractivity contribution in [2.75, 3.05) is 0 Å². The van der Waals surface area contributed by atoms with Crippen LogP contribution in [0.25, 0.3) is 0 Å². The summed E-state index contributed by atoms with van der Waals surface area (Å²) in [5.74, 6) is 0. The van der Waals surface area contributed by atoms with Crippen LogP contribution in [0.15, 0.2) is 24.3 Å². The summed E-state index contributed by atoms with van der Waals surface area (Å²) >= 11 is 0. The Labute approximate surface area is 103 Å². The van der Waals surface area contributed by atoms with E-state index in [1.807, 2.05) is 6.92 Å². The Bertz CT molecular complexity index is 367. The van der Waals surface area contributed by atoms with Crippen molar-refractivity contribution < 1.29 is 14.5 Å². The Morgan fingerprint density at radius 3 is 2.24 bits per heavy atom. The second-order valence-electron chi connectivity index (χ2n) is 5.28. The Kier molecular flexibility index (Phi) is 4.49. The lowest BCUT2D eigenvalue weighted by Crippen LogP contribution is -2.40. The van der Waals surface area contributed by atoms with E-state index in [-0.39, 0.29) is 11.5 Å². The summed E-state index contributed by atoms with van der Waals surface area (Å²) in [5, 5.41) is 9.91. The Hall–Kier alpha value is -1.13. The maximum absolute atomic E-state index is 10.5. The quantitative estimate of drug-likeness (QED) is 0.636. The number of hydrogen-bond acceptors (Lipinski definition) is 3. The predicted molar refractivity (Wildman–Crippen MR) is 69.4 cm³/mol. The molecule has 3 nitrogen and oxygen atoms in total. The van der Waals surface area contributed by atoms with Crippen LogP contribution in [0, 0.1) is 5.41 Å². The molecule has 0 radical (unpaired) electrons. The molecule has 0 aliphatic rings. The molecule has 0 aliphatic carbocycles. The van der Waals surface area contributed by atoms with Crippen LogP contribution in [-0.4, -0.2) is 24.5 Å². The van der Waals surface area contributed by atoms with E-state index in [9.17, 15) is 9.82 Å². The number of aldehydes is 1. The summed E-state index contributed by atoms with van der Waals surface area (Å²) in [7, 11) is -0.954. The van der Waals surface area contributed by atoms with Crippen LogP contribution in [0.2, 0.25) is 0 Å². The van der Waals surface area contributed by atoms with Gasteiger partial charge in [-0.1, -0.05) is 45.0 Å². The zero-order chi connectivity index (χ0) is 13.1. The second kappa shape index (κ2) is 5.47. The fraction of sp³-hybridized carbons (Fsp3) is 0.462. The van der Waals surface area contributed by atoms with Crippen molar-refractivity contribution in [1.29, 1.82) is 0 Å². The molecule has 0 heterocycles. The number of hydrogen-bond donors (Lipinski definition) is 1. The van der Waals surface area contributed by atoms with Gasteiger partial charge in [0.15, 0.2) is 0 Å². The molecule has 0 bridgehead atoms. The van der Waals surface area contributed by atoms with Crippen LogP contribution in [0.4, 0.5) is 0 Å². The van der Waals surface area contributed by atoms with Gasteiger partial charge in [-0.15, -0.1) is 0 Å². The smallest absolute Gasteiger partial charge is 0.423 e. The largest absolute Gasteiger partial charge is 0.491 e. The standard InChI is InChI=1S/C13H19BO3/c1-10(13(2,3)4)17-14(16)12-7-5-11(9-15)6-8-12/h5-10,16H,1-4H3. The van der Waals surface area contributed by atoms with Crippen molar-refractivity contribution in [3.05, 3.63) is 29.8 Å². The summed E-state index contributed by atoms with van der Waals surface area (Å²) in [6, 6.07) is 6.72. The lowest BCUT2D eigenvalue weighted by molar-refractivity contribution is 0.0859. The molecule has 1 aromatic carbocycles. The van der Waals surface area contributed by atoms with Gasteiger partial charge in [-0.05, 0) is 17.8 Å². The molecule has 0 aliphatic heterocycles. The van der Waals surface area contributed by atoms with Gasteiger partial charge < -0.3 is 9.68 Å². The first-order valence-electron chi connectivity index (χ1n) is 5.73. The van der Waals surface area contributed by atoms with Gasteiger partial charge in [0.05, 0.1) is 0 Å². The maximum Gasteiger partial charge on any atom is 0.491 e. The Morgan fingerprint density at radius 2 is 1.82 bits per heavy atom. The highest BCUT2D eigenvalue weighted by Gasteiger charge is 2.26. The van der Waals surface area contributed by atoms with E-state index in [1.54, 1.807) is 24.3 Å². The second-order valence-corrected chi connectivity index (χ2v) is 5.28. The summed E-state index contributed by atoms with van der Waals surface area (Å²) in [6.45, 7) is 8.10. The molecule has 1 N–H and O–H groups in total. The molecule has 0 spiro atoms. The average molecular weight is 234 g/mol. The van der Waals surface area contributed by atoms with Gasteiger partial charge in [-0.2, -0.15) is 0 Å². The first-order valence-corrected chi connectivity index (χ1v) is 5.73. The average Bonchev–Trinajstić information content (AvgIpc) is 2.27. The summed E-state index contributed by atoms with van der Waals surface area (Å²) in [4.78, 5) is 10.5. The molecule has 1 unspecified atom stereocenters. The van der Waals surface area contributed by atoms with E-state index in [2.05, 4.69) is 20.8 Å². The number of carbonyl (C=O) groups excluding carboxylic acids is 1. The van der Waals surface area contributed by atoms with Crippen LogP contribution >= 0.6 is 0 Å². The normalized spacial score (nSPS) is 13.2. The van der Waals surface area contributed by atoms with E-state index in [0.717, 1.165) is 6.29 Å². The minimum atomic E-state index is -0.954. The summed E-state index contributed by atoms with van der Waals surface area (Å²) in [5.41, 5.74) is 1.22. The monoisotopic (exact) mass is 234 g/mol. The van der Waals surface area contributed by atoms with Crippen molar-refractivity contribution in [3.8, 4) is 0 Å². The van der Waals surface area contributed by atoms with Gasteiger partial charge in [0.1, 0.15) is 6.29 Å². The maximum atomic E-state index is 10.5. The van der Waals surface area contributed by atoms with E-state index in [4.69, 9.17) is 4.65 Å². The summed E-state index contributed by atoms with van der Waals surface area (Å²) in [6.07, 6.45) is 0.706. The molecule has 0 aromatic heterocycles. The van der Waals surface area contributed by atoms with E-state index >= 15 is 0 Å². The molecular weight excluding hydrogens is 215 g/mol. The first-order chi connectivity index (χ1) is 7.84. The number of benzene rings is 1. The van der Waals surface area contributed by atoms with Crippen LogP contribution in [0.3, 0.4) is 0 Å². The highest BCUT2D eigenvalue weighted by atomic mass is 16.5. The van der Waals surface area contributed by atoms with Gasteiger partial charge in [-0.3, -0.25) is 4.79 Å². The van der Waals surface area contributed by atoms with Crippen LogP contribution in [0.5, 0.6) is 0 Å².